The molecule has 9 heteroatoms. The van der Waals surface area contributed by atoms with Crippen molar-refractivity contribution in [1.82, 2.24) is 15.3 Å². The maximum atomic E-state index is 12.4. The summed E-state index contributed by atoms with van der Waals surface area (Å²) in [4.78, 5) is 34.8. The van der Waals surface area contributed by atoms with Crippen LogP contribution in [0.2, 0.25) is 5.02 Å². The number of anilines is 1. The molecule has 166 valence electrons. The molecule has 8 nitrogen and oxygen atoms in total. The highest BCUT2D eigenvalue weighted by molar-refractivity contribution is 6.33. The van der Waals surface area contributed by atoms with Gasteiger partial charge in [0.15, 0.2) is 11.4 Å². The number of esters is 1. The first-order valence-corrected chi connectivity index (χ1v) is 10.8. The quantitative estimate of drug-likeness (QED) is 0.630. The molecule has 1 aromatic heterocycles. The molecule has 0 radical (unpaired) electrons. The van der Waals surface area contributed by atoms with Crippen LogP contribution in [-0.2, 0) is 16.0 Å². The number of nitrogens with zero attached hydrogens (tertiary/aromatic N) is 3. The molecule has 1 aliphatic heterocycles. The molecule has 2 heterocycles. The third kappa shape index (κ3) is 5.85. The van der Waals surface area contributed by atoms with Crippen LogP contribution in [-0.4, -0.2) is 53.2 Å². The molecular weight excluding hydrogens is 420 g/mol. The number of hydrogen-bond donors (Lipinski definition) is 2. The van der Waals surface area contributed by atoms with E-state index in [-0.39, 0.29) is 24.6 Å². The summed E-state index contributed by atoms with van der Waals surface area (Å²) >= 11 is 6.31. The monoisotopic (exact) mass is 446 g/mol. The van der Waals surface area contributed by atoms with E-state index in [0.717, 1.165) is 36.6 Å². The Balaban J connectivity index is 1.63. The number of amides is 1. The number of para-hydroxylation sites is 1. The summed E-state index contributed by atoms with van der Waals surface area (Å²) in [6.07, 6.45) is 2.49. The maximum Gasteiger partial charge on any atom is 0.325 e. The van der Waals surface area contributed by atoms with Gasteiger partial charge in [0.25, 0.3) is 5.91 Å². The molecule has 1 saturated heterocycles. The lowest BCUT2D eigenvalue weighted by Gasteiger charge is -2.34. The van der Waals surface area contributed by atoms with Crippen molar-refractivity contribution < 1.29 is 19.4 Å². The zero-order valence-electron chi connectivity index (χ0n) is 17.7. The third-order valence-electron chi connectivity index (χ3n) is 5.30. The molecule has 0 atom stereocenters. The van der Waals surface area contributed by atoms with Crippen molar-refractivity contribution >= 4 is 29.2 Å². The van der Waals surface area contributed by atoms with Crippen molar-refractivity contribution in [3.63, 3.8) is 0 Å². The zero-order valence-corrected chi connectivity index (χ0v) is 18.5. The highest BCUT2D eigenvalue weighted by atomic mass is 35.5. The lowest BCUT2D eigenvalue weighted by Crippen LogP contribution is -2.35. The van der Waals surface area contributed by atoms with E-state index in [4.69, 9.17) is 16.3 Å². The molecule has 0 bridgehead atoms. The Morgan fingerprint density at radius 2 is 1.97 bits per heavy atom. The number of aromatic nitrogens is 2. The van der Waals surface area contributed by atoms with Gasteiger partial charge < -0.3 is 20.1 Å². The van der Waals surface area contributed by atoms with Gasteiger partial charge in [-0.25, -0.2) is 9.97 Å². The van der Waals surface area contributed by atoms with Crippen LogP contribution in [0, 0.1) is 12.8 Å². The summed E-state index contributed by atoms with van der Waals surface area (Å²) in [5.74, 6) is -0.595. The van der Waals surface area contributed by atoms with E-state index in [1.54, 1.807) is 13.8 Å². The number of halogens is 1. The molecule has 2 N–H and O–H groups in total. The highest BCUT2D eigenvalue weighted by Gasteiger charge is 2.24. The fourth-order valence-corrected chi connectivity index (χ4v) is 3.92. The van der Waals surface area contributed by atoms with Crippen LogP contribution in [0.3, 0.4) is 0 Å². The number of ether oxygens (including phenoxy) is 1. The number of piperidine rings is 1. The van der Waals surface area contributed by atoms with Gasteiger partial charge in [-0.2, -0.15) is 0 Å². The average molecular weight is 447 g/mol. The van der Waals surface area contributed by atoms with Crippen LogP contribution in [0.15, 0.2) is 24.3 Å². The molecule has 0 unspecified atom stereocenters. The lowest BCUT2D eigenvalue weighted by molar-refractivity contribution is -0.141. The highest BCUT2D eigenvalue weighted by Crippen LogP contribution is 2.30. The topological polar surface area (TPSA) is 105 Å². The lowest BCUT2D eigenvalue weighted by atomic mass is 9.93. The van der Waals surface area contributed by atoms with E-state index in [1.165, 1.54) is 0 Å². The molecule has 0 aliphatic carbocycles. The fraction of sp³-hybridized carbons (Fsp3) is 0.455. The van der Waals surface area contributed by atoms with E-state index in [9.17, 15) is 14.7 Å². The minimum Gasteiger partial charge on any atom is -0.504 e. The molecule has 1 fully saturated rings. The van der Waals surface area contributed by atoms with Crippen molar-refractivity contribution in [3.05, 3.63) is 46.5 Å². The second kappa shape index (κ2) is 10.4. The van der Waals surface area contributed by atoms with Crippen molar-refractivity contribution in [2.24, 2.45) is 5.92 Å². The van der Waals surface area contributed by atoms with Gasteiger partial charge in [0.1, 0.15) is 12.4 Å². The van der Waals surface area contributed by atoms with Gasteiger partial charge in [-0.3, -0.25) is 9.59 Å². The number of hydrogen-bond acceptors (Lipinski definition) is 7. The summed E-state index contributed by atoms with van der Waals surface area (Å²) in [6.45, 7) is 5.00. The van der Waals surface area contributed by atoms with E-state index < -0.39 is 11.9 Å². The van der Waals surface area contributed by atoms with Gasteiger partial charge in [0, 0.05) is 19.5 Å². The molecule has 2 aromatic rings. The smallest absolute Gasteiger partial charge is 0.325 e. The molecule has 0 spiro atoms. The second-order valence-corrected chi connectivity index (χ2v) is 7.90. The Morgan fingerprint density at radius 3 is 2.65 bits per heavy atom. The molecule has 1 amide bonds. The molecule has 3 rings (SSSR count). The van der Waals surface area contributed by atoms with Crippen LogP contribution >= 0.6 is 11.6 Å². The minimum atomic E-state index is -0.633. The largest absolute Gasteiger partial charge is 0.504 e. The van der Waals surface area contributed by atoms with Crippen LogP contribution in [0.4, 0.5) is 5.69 Å². The van der Waals surface area contributed by atoms with E-state index in [1.807, 2.05) is 24.3 Å². The second-order valence-electron chi connectivity index (χ2n) is 7.50. The maximum absolute atomic E-state index is 12.4. The third-order valence-corrected chi connectivity index (χ3v) is 5.62. The van der Waals surface area contributed by atoms with Gasteiger partial charge in [-0.15, -0.1) is 0 Å². The number of aryl methyl sites for hydroxylation is 1. The number of aromatic hydroxyl groups is 1. The predicted molar refractivity (Wildman–Crippen MR) is 117 cm³/mol. The summed E-state index contributed by atoms with van der Waals surface area (Å²) in [5.41, 5.74) is 1.25. The summed E-state index contributed by atoms with van der Waals surface area (Å²) in [5, 5.41) is 13.4. The summed E-state index contributed by atoms with van der Waals surface area (Å²) < 4.78 is 4.79. The molecular formula is C22H27ClN4O4. The standard InChI is InChI=1S/C22H27ClN4O4/c1-3-31-19(28)13-24-22(30)20-21(29)14(2)25-18(26-20)12-15-8-10-27(11-9-15)17-7-5-4-6-16(17)23/h4-7,15,29H,3,8-13H2,1-2H3,(H,24,30). The van der Waals surface area contributed by atoms with E-state index >= 15 is 0 Å². The van der Waals surface area contributed by atoms with Crippen molar-refractivity contribution in [1.29, 1.82) is 0 Å². The molecule has 1 aromatic carbocycles. The Bertz CT molecular complexity index is 945. The summed E-state index contributed by atoms with van der Waals surface area (Å²) in [7, 11) is 0. The Morgan fingerprint density at radius 1 is 1.26 bits per heavy atom. The van der Waals surface area contributed by atoms with Crippen molar-refractivity contribution in [3.8, 4) is 5.75 Å². The van der Waals surface area contributed by atoms with Gasteiger partial charge >= 0.3 is 5.97 Å². The number of carbonyl (C=O) groups is 2. The van der Waals surface area contributed by atoms with Crippen molar-refractivity contribution in [2.45, 2.75) is 33.1 Å². The molecule has 0 saturated carbocycles. The number of nitrogens with one attached hydrogen (secondary N) is 1. The Kier molecular flexibility index (Phi) is 7.68. The van der Waals surface area contributed by atoms with E-state index in [0.29, 0.717) is 23.9 Å². The average Bonchev–Trinajstić information content (AvgIpc) is 2.76. The fourth-order valence-electron chi connectivity index (χ4n) is 3.67. The van der Waals surface area contributed by atoms with Crippen LogP contribution in [0.1, 0.15) is 41.8 Å². The number of rotatable bonds is 7. The van der Waals surface area contributed by atoms with Gasteiger partial charge in [-0.1, -0.05) is 23.7 Å². The minimum absolute atomic E-state index is 0.125. The number of carbonyl (C=O) groups excluding carboxylic acids is 2. The van der Waals surface area contributed by atoms with Crippen molar-refractivity contribution in [2.75, 3.05) is 31.1 Å². The first-order chi connectivity index (χ1) is 14.9. The first-order valence-electron chi connectivity index (χ1n) is 10.4. The Hall–Kier alpha value is -2.87. The van der Waals surface area contributed by atoms with Gasteiger partial charge in [0.05, 0.1) is 23.0 Å². The SMILES string of the molecule is CCOC(=O)CNC(=O)c1nc(CC2CCN(c3ccccc3Cl)CC2)nc(C)c1O. The van der Waals surface area contributed by atoms with Gasteiger partial charge in [-0.05, 0) is 44.7 Å². The molecule has 1 aliphatic rings. The Labute approximate surface area is 186 Å². The first kappa shape index (κ1) is 22.8. The normalized spacial score (nSPS) is 14.4. The summed E-state index contributed by atoms with van der Waals surface area (Å²) in [6, 6.07) is 7.82. The van der Waals surface area contributed by atoms with Crippen LogP contribution in [0.25, 0.3) is 0 Å². The zero-order chi connectivity index (χ0) is 22.4. The van der Waals surface area contributed by atoms with Gasteiger partial charge in [0.2, 0.25) is 0 Å². The number of benzene rings is 1. The van der Waals surface area contributed by atoms with Crippen LogP contribution in [0.5, 0.6) is 5.75 Å². The van der Waals surface area contributed by atoms with Crippen LogP contribution < -0.4 is 10.2 Å². The predicted octanol–water partition coefficient (Wildman–Crippen LogP) is 2.90. The van der Waals surface area contributed by atoms with E-state index in [2.05, 4.69) is 20.2 Å². The molecule has 31 heavy (non-hydrogen) atoms.